The number of H-pyrrole nitrogens is 1. The van der Waals surface area contributed by atoms with Crippen LogP contribution in [0.2, 0.25) is 0 Å². The van der Waals surface area contributed by atoms with Crippen LogP contribution < -0.4 is 10.6 Å². The van der Waals surface area contributed by atoms with E-state index in [1.807, 2.05) is 24.4 Å². The van der Waals surface area contributed by atoms with Crippen LogP contribution in [0.15, 0.2) is 41.5 Å². The summed E-state index contributed by atoms with van der Waals surface area (Å²) in [5, 5.41) is 6.63. The maximum absolute atomic E-state index is 5.96. The van der Waals surface area contributed by atoms with E-state index in [9.17, 15) is 0 Å². The average Bonchev–Trinajstić information content (AvgIpc) is 3.20. The van der Waals surface area contributed by atoms with Gasteiger partial charge in [-0.1, -0.05) is 49.6 Å². The van der Waals surface area contributed by atoms with Gasteiger partial charge in [0.25, 0.3) is 0 Å². The van der Waals surface area contributed by atoms with Crippen LogP contribution in [0.25, 0.3) is 11.3 Å². The zero-order valence-corrected chi connectivity index (χ0v) is 18.9. The molecule has 1 fully saturated rings. The van der Waals surface area contributed by atoms with Crippen molar-refractivity contribution in [2.75, 3.05) is 20.2 Å². The molecule has 0 amide bonds. The molecule has 0 aliphatic heterocycles. The van der Waals surface area contributed by atoms with Crippen LogP contribution in [0.1, 0.15) is 44.3 Å². The Bertz CT molecular complexity index is 698. The molecule has 0 atom stereocenters. The molecule has 2 aromatic rings. The normalized spacial score (nSPS) is 15.1. The van der Waals surface area contributed by atoms with Crippen LogP contribution >= 0.6 is 24.0 Å². The smallest absolute Gasteiger partial charge is 0.191 e. The second kappa shape index (κ2) is 12.8. The summed E-state index contributed by atoms with van der Waals surface area (Å²) in [6.45, 7) is 2.26. The number of ether oxygens (including phenoxy) is 1. The fourth-order valence-electron chi connectivity index (χ4n) is 3.37. The third-order valence-corrected chi connectivity index (χ3v) is 4.88. The molecule has 0 radical (unpaired) electrons. The lowest BCUT2D eigenvalue weighted by Crippen LogP contribution is -2.37. The summed E-state index contributed by atoms with van der Waals surface area (Å²) >= 11 is 0. The minimum Gasteiger partial charge on any atom is -0.378 e. The summed E-state index contributed by atoms with van der Waals surface area (Å²) in [5.74, 6) is 1.67. The molecule has 6 nitrogen and oxygen atoms in total. The molecule has 0 bridgehead atoms. The highest BCUT2D eigenvalue weighted by molar-refractivity contribution is 14.0. The monoisotopic (exact) mass is 497 g/mol. The standard InChI is InChI=1S/C21H31N5O.HI/c1-22-21(23-13-8-14-27-18-11-6-3-7-12-18)25-16-20-24-15-19(26-20)17-9-4-2-5-10-17;/h2,4-5,9-10,15,18H,3,6-8,11-14,16H2,1H3,(H,24,26)(H2,22,23,25);1H. The van der Waals surface area contributed by atoms with Crippen LogP contribution in [0.4, 0.5) is 0 Å². The van der Waals surface area contributed by atoms with E-state index >= 15 is 0 Å². The van der Waals surface area contributed by atoms with Crippen molar-refractivity contribution in [2.24, 2.45) is 4.99 Å². The van der Waals surface area contributed by atoms with Gasteiger partial charge in [-0.15, -0.1) is 24.0 Å². The maximum atomic E-state index is 5.96. The van der Waals surface area contributed by atoms with Gasteiger partial charge in [-0.2, -0.15) is 0 Å². The van der Waals surface area contributed by atoms with E-state index in [0.717, 1.165) is 42.6 Å². The number of halogens is 1. The lowest BCUT2D eigenvalue weighted by Gasteiger charge is -2.22. The summed E-state index contributed by atoms with van der Waals surface area (Å²) in [6.07, 6.45) is 9.79. The van der Waals surface area contributed by atoms with Gasteiger partial charge in [0.05, 0.1) is 24.5 Å². The van der Waals surface area contributed by atoms with Crippen LogP contribution in [-0.4, -0.2) is 42.2 Å². The second-order valence-corrected chi connectivity index (χ2v) is 6.95. The van der Waals surface area contributed by atoms with Crippen molar-refractivity contribution in [1.82, 2.24) is 20.6 Å². The van der Waals surface area contributed by atoms with E-state index in [1.165, 1.54) is 32.1 Å². The molecule has 0 saturated heterocycles. The van der Waals surface area contributed by atoms with E-state index in [1.54, 1.807) is 7.05 Å². The minimum absolute atomic E-state index is 0. The zero-order chi connectivity index (χ0) is 18.7. The van der Waals surface area contributed by atoms with Gasteiger partial charge in [0.1, 0.15) is 5.82 Å². The molecule has 3 rings (SSSR count). The van der Waals surface area contributed by atoms with Crippen molar-refractivity contribution < 1.29 is 4.74 Å². The number of aliphatic imine (C=N–C) groups is 1. The minimum atomic E-state index is 0. The second-order valence-electron chi connectivity index (χ2n) is 6.95. The van der Waals surface area contributed by atoms with Crippen molar-refractivity contribution in [3.05, 3.63) is 42.4 Å². The number of rotatable bonds is 8. The summed E-state index contributed by atoms with van der Waals surface area (Å²) in [6, 6.07) is 10.2. The Kier molecular flexibility index (Phi) is 10.3. The molecule has 7 heteroatoms. The largest absolute Gasteiger partial charge is 0.378 e. The fourth-order valence-corrected chi connectivity index (χ4v) is 3.37. The van der Waals surface area contributed by atoms with Gasteiger partial charge in [-0.3, -0.25) is 4.99 Å². The van der Waals surface area contributed by atoms with Crippen LogP contribution in [0.3, 0.4) is 0 Å². The van der Waals surface area contributed by atoms with Gasteiger partial charge in [0.2, 0.25) is 0 Å². The third kappa shape index (κ3) is 7.43. The number of aromatic nitrogens is 2. The lowest BCUT2D eigenvalue weighted by molar-refractivity contribution is 0.0277. The number of benzene rings is 1. The SMILES string of the molecule is CN=C(NCCCOC1CCCCC1)NCc1ncc(-c2ccccc2)[nH]1.I. The molecule has 1 saturated carbocycles. The van der Waals surface area contributed by atoms with Crippen molar-refractivity contribution in [3.63, 3.8) is 0 Å². The van der Waals surface area contributed by atoms with Gasteiger partial charge in [0.15, 0.2) is 5.96 Å². The Balaban J connectivity index is 0.00000280. The predicted molar refractivity (Wildman–Crippen MR) is 125 cm³/mol. The van der Waals surface area contributed by atoms with E-state index < -0.39 is 0 Å². The molecule has 1 aliphatic carbocycles. The van der Waals surface area contributed by atoms with Crippen molar-refractivity contribution in [3.8, 4) is 11.3 Å². The quantitative estimate of drug-likeness (QED) is 0.222. The first-order valence-corrected chi connectivity index (χ1v) is 10.0. The van der Waals surface area contributed by atoms with E-state index in [-0.39, 0.29) is 24.0 Å². The van der Waals surface area contributed by atoms with Crippen LogP contribution in [-0.2, 0) is 11.3 Å². The van der Waals surface area contributed by atoms with Crippen molar-refractivity contribution in [2.45, 2.75) is 51.2 Å². The molecular formula is C21H32IN5O. The van der Waals surface area contributed by atoms with E-state index in [4.69, 9.17) is 4.74 Å². The summed E-state index contributed by atoms with van der Waals surface area (Å²) < 4.78 is 5.96. The van der Waals surface area contributed by atoms with Gasteiger partial charge < -0.3 is 20.4 Å². The Morgan fingerprint density at radius 1 is 1.18 bits per heavy atom. The maximum Gasteiger partial charge on any atom is 0.191 e. The summed E-state index contributed by atoms with van der Waals surface area (Å²) in [7, 11) is 1.78. The number of nitrogens with zero attached hydrogens (tertiary/aromatic N) is 2. The number of imidazole rings is 1. The Morgan fingerprint density at radius 3 is 2.71 bits per heavy atom. The molecule has 154 valence electrons. The summed E-state index contributed by atoms with van der Waals surface area (Å²) in [5.41, 5.74) is 2.16. The van der Waals surface area contributed by atoms with Gasteiger partial charge >= 0.3 is 0 Å². The first kappa shape index (κ1) is 22.7. The number of guanidine groups is 1. The molecule has 0 spiro atoms. The molecule has 1 heterocycles. The molecule has 1 aromatic heterocycles. The molecule has 1 aliphatic rings. The lowest BCUT2D eigenvalue weighted by atomic mass is 9.98. The number of nitrogens with one attached hydrogen (secondary N) is 3. The van der Waals surface area contributed by atoms with Crippen molar-refractivity contribution in [1.29, 1.82) is 0 Å². The predicted octanol–water partition coefficient (Wildman–Crippen LogP) is 4.10. The van der Waals surface area contributed by atoms with Gasteiger partial charge in [-0.05, 0) is 24.8 Å². The molecule has 0 unspecified atom stereocenters. The van der Waals surface area contributed by atoms with E-state index in [0.29, 0.717) is 12.6 Å². The fraction of sp³-hybridized carbons (Fsp3) is 0.524. The number of hydrogen-bond acceptors (Lipinski definition) is 3. The van der Waals surface area contributed by atoms with Crippen LogP contribution in [0, 0.1) is 0 Å². The molecular weight excluding hydrogens is 465 g/mol. The van der Waals surface area contributed by atoms with Crippen molar-refractivity contribution >= 4 is 29.9 Å². The topological polar surface area (TPSA) is 74.3 Å². The summed E-state index contributed by atoms with van der Waals surface area (Å²) in [4.78, 5) is 12.1. The highest BCUT2D eigenvalue weighted by Crippen LogP contribution is 2.20. The zero-order valence-electron chi connectivity index (χ0n) is 16.6. The van der Waals surface area contributed by atoms with Gasteiger partial charge in [-0.25, -0.2) is 4.98 Å². The van der Waals surface area contributed by atoms with E-state index in [2.05, 4.69) is 37.7 Å². The Hall–Kier alpha value is -1.61. The van der Waals surface area contributed by atoms with Gasteiger partial charge in [0, 0.05) is 20.2 Å². The number of aromatic amines is 1. The molecule has 3 N–H and O–H groups in total. The first-order chi connectivity index (χ1) is 13.3. The van der Waals surface area contributed by atoms with Crippen LogP contribution in [0.5, 0.6) is 0 Å². The highest BCUT2D eigenvalue weighted by atomic mass is 127. The number of hydrogen-bond donors (Lipinski definition) is 3. The highest BCUT2D eigenvalue weighted by Gasteiger charge is 2.13. The third-order valence-electron chi connectivity index (χ3n) is 4.88. The molecule has 1 aromatic carbocycles. The average molecular weight is 497 g/mol. The molecule has 28 heavy (non-hydrogen) atoms. The Labute approximate surface area is 185 Å². The first-order valence-electron chi connectivity index (χ1n) is 10.0. The Morgan fingerprint density at radius 2 is 1.96 bits per heavy atom.